The van der Waals surface area contributed by atoms with Crippen molar-refractivity contribution in [2.45, 2.75) is 0 Å². The Balaban J connectivity index is 2.64. The minimum Gasteiger partial charge on any atom is -0.508 e. The Hall–Kier alpha value is -2.36. The van der Waals surface area contributed by atoms with E-state index in [9.17, 15) is 9.90 Å². The number of benzene rings is 1. The standard InChI is InChI=1S/C12H10N2O2/c1-8(14-7-15)12-11-6-10(16)3-2-9(11)4-5-13-12/h2-7,16H,1H2,(H,14,15). The van der Waals surface area contributed by atoms with Crippen LogP contribution in [0.3, 0.4) is 0 Å². The van der Waals surface area contributed by atoms with Gasteiger partial charge in [-0.2, -0.15) is 0 Å². The highest BCUT2D eigenvalue weighted by molar-refractivity contribution is 5.93. The molecule has 80 valence electrons. The molecule has 0 spiro atoms. The van der Waals surface area contributed by atoms with Crippen molar-refractivity contribution in [3.8, 4) is 5.75 Å². The molecule has 1 amide bonds. The van der Waals surface area contributed by atoms with Gasteiger partial charge in [-0.05, 0) is 23.6 Å². The number of hydrogen-bond donors (Lipinski definition) is 2. The minimum atomic E-state index is 0.153. The van der Waals surface area contributed by atoms with Gasteiger partial charge in [-0.25, -0.2) is 0 Å². The smallest absolute Gasteiger partial charge is 0.211 e. The first-order valence-electron chi connectivity index (χ1n) is 4.69. The van der Waals surface area contributed by atoms with Gasteiger partial charge in [0, 0.05) is 11.6 Å². The van der Waals surface area contributed by atoms with Crippen LogP contribution in [0.5, 0.6) is 5.75 Å². The summed E-state index contributed by atoms with van der Waals surface area (Å²) in [7, 11) is 0. The van der Waals surface area contributed by atoms with Gasteiger partial charge in [0.2, 0.25) is 6.41 Å². The zero-order chi connectivity index (χ0) is 11.5. The number of rotatable bonds is 3. The lowest BCUT2D eigenvalue weighted by molar-refractivity contribution is -0.108. The van der Waals surface area contributed by atoms with Crippen LogP contribution in [0.25, 0.3) is 16.5 Å². The molecule has 16 heavy (non-hydrogen) atoms. The molecule has 0 saturated carbocycles. The molecule has 4 heteroatoms. The fourth-order valence-corrected chi connectivity index (χ4v) is 1.54. The first-order chi connectivity index (χ1) is 7.72. The molecule has 2 aromatic rings. The Morgan fingerprint density at radius 2 is 2.25 bits per heavy atom. The number of pyridine rings is 1. The van der Waals surface area contributed by atoms with Crippen LogP contribution in [-0.4, -0.2) is 16.5 Å². The third-order valence-corrected chi connectivity index (χ3v) is 2.27. The van der Waals surface area contributed by atoms with Crippen LogP contribution >= 0.6 is 0 Å². The van der Waals surface area contributed by atoms with Crippen molar-refractivity contribution in [3.05, 3.63) is 42.7 Å². The van der Waals surface area contributed by atoms with Crippen LogP contribution in [0.15, 0.2) is 37.0 Å². The van der Waals surface area contributed by atoms with Gasteiger partial charge in [0.1, 0.15) is 5.75 Å². The van der Waals surface area contributed by atoms with Crippen molar-refractivity contribution >= 4 is 22.9 Å². The van der Waals surface area contributed by atoms with E-state index in [1.165, 1.54) is 0 Å². The molecule has 1 heterocycles. The minimum absolute atomic E-state index is 0.153. The largest absolute Gasteiger partial charge is 0.508 e. The van der Waals surface area contributed by atoms with Gasteiger partial charge >= 0.3 is 0 Å². The SMILES string of the molecule is C=C(NC=O)c1nccc2ccc(O)cc12. The van der Waals surface area contributed by atoms with E-state index < -0.39 is 0 Å². The Morgan fingerprint density at radius 3 is 3.00 bits per heavy atom. The van der Waals surface area contributed by atoms with Crippen LogP contribution in [0.2, 0.25) is 0 Å². The van der Waals surface area contributed by atoms with Crippen LogP contribution in [0.1, 0.15) is 5.69 Å². The number of fused-ring (bicyclic) bond motifs is 1. The zero-order valence-corrected chi connectivity index (χ0v) is 8.47. The average molecular weight is 214 g/mol. The van der Waals surface area contributed by atoms with Crippen LogP contribution in [0, 0.1) is 0 Å². The summed E-state index contributed by atoms with van der Waals surface area (Å²) in [6, 6.07) is 6.80. The summed E-state index contributed by atoms with van der Waals surface area (Å²) in [5.74, 6) is 0.153. The Morgan fingerprint density at radius 1 is 1.44 bits per heavy atom. The number of carbonyl (C=O) groups excluding carboxylic acids is 1. The number of phenolic OH excluding ortho intramolecular Hbond substituents is 1. The highest BCUT2D eigenvalue weighted by Crippen LogP contribution is 2.24. The maximum atomic E-state index is 10.3. The second-order valence-corrected chi connectivity index (χ2v) is 3.31. The highest BCUT2D eigenvalue weighted by Gasteiger charge is 2.06. The lowest BCUT2D eigenvalue weighted by atomic mass is 10.1. The van der Waals surface area contributed by atoms with E-state index in [-0.39, 0.29) is 5.75 Å². The number of amides is 1. The average Bonchev–Trinajstić information content (AvgIpc) is 2.28. The molecule has 4 nitrogen and oxygen atoms in total. The normalized spacial score (nSPS) is 10.0. The number of carbonyl (C=O) groups is 1. The van der Waals surface area contributed by atoms with Gasteiger partial charge in [-0.3, -0.25) is 9.78 Å². The maximum absolute atomic E-state index is 10.3. The summed E-state index contributed by atoms with van der Waals surface area (Å²) in [4.78, 5) is 14.5. The molecule has 1 aromatic carbocycles. The van der Waals surface area contributed by atoms with Crippen LogP contribution < -0.4 is 5.32 Å². The zero-order valence-electron chi connectivity index (χ0n) is 8.47. The van der Waals surface area contributed by atoms with E-state index in [0.29, 0.717) is 17.8 Å². The molecule has 2 rings (SSSR count). The molecule has 0 unspecified atom stereocenters. The van der Waals surface area contributed by atoms with Crippen molar-refractivity contribution in [2.75, 3.05) is 0 Å². The predicted molar refractivity (Wildman–Crippen MR) is 61.6 cm³/mol. The summed E-state index contributed by atoms with van der Waals surface area (Å²) in [5, 5.41) is 13.6. The van der Waals surface area contributed by atoms with Crippen LogP contribution in [-0.2, 0) is 4.79 Å². The van der Waals surface area contributed by atoms with Gasteiger partial charge in [0.05, 0.1) is 11.4 Å². The van der Waals surface area contributed by atoms with E-state index in [4.69, 9.17) is 0 Å². The quantitative estimate of drug-likeness (QED) is 0.764. The van der Waals surface area contributed by atoms with Crippen LogP contribution in [0.4, 0.5) is 0 Å². The maximum Gasteiger partial charge on any atom is 0.211 e. The number of hydrogen-bond acceptors (Lipinski definition) is 3. The van der Waals surface area contributed by atoms with E-state index in [0.717, 1.165) is 10.8 Å². The number of phenols is 1. The molecule has 2 N–H and O–H groups in total. The number of aromatic nitrogens is 1. The summed E-state index contributed by atoms with van der Waals surface area (Å²) >= 11 is 0. The second kappa shape index (κ2) is 4.02. The van der Waals surface area contributed by atoms with Crippen molar-refractivity contribution in [1.29, 1.82) is 0 Å². The fraction of sp³-hybridized carbons (Fsp3) is 0. The molecule has 0 saturated heterocycles. The second-order valence-electron chi connectivity index (χ2n) is 3.31. The molecule has 0 fully saturated rings. The van der Waals surface area contributed by atoms with Gasteiger partial charge in [0.25, 0.3) is 0 Å². The molecular weight excluding hydrogens is 204 g/mol. The molecular formula is C12H10N2O2. The number of aromatic hydroxyl groups is 1. The first kappa shape index (κ1) is 10.2. The third-order valence-electron chi connectivity index (χ3n) is 2.27. The van der Waals surface area contributed by atoms with Gasteiger partial charge in [0.15, 0.2) is 0 Å². The van der Waals surface area contributed by atoms with E-state index >= 15 is 0 Å². The Kier molecular flexibility index (Phi) is 2.55. The summed E-state index contributed by atoms with van der Waals surface area (Å²) < 4.78 is 0. The van der Waals surface area contributed by atoms with Gasteiger partial charge in [-0.15, -0.1) is 0 Å². The fourth-order valence-electron chi connectivity index (χ4n) is 1.54. The number of nitrogens with zero attached hydrogens (tertiary/aromatic N) is 1. The highest BCUT2D eigenvalue weighted by atomic mass is 16.3. The first-order valence-corrected chi connectivity index (χ1v) is 4.69. The predicted octanol–water partition coefficient (Wildman–Crippen LogP) is 1.66. The van der Waals surface area contributed by atoms with E-state index in [1.807, 2.05) is 6.07 Å². The third kappa shape index (κ3) is 1.72. The van der Waals surface area contributed by atoms with Gasteiger partial charge in [-0.1, -0.05) is 12.6 Å². The van der Waals surface area contributed by atoms with Crippen molar-refractivity contribution in [3.63, 3.8) is 0 Å². The molecule has 0 aliphatic carbocycles. The summed E-state index contributed by atoms with van der Waals surface area (Å²) in [6.45, 7) is 3.71. The Labute approximate surface area is 92.2 Å². The molecule has 1 aromatic heterocycles. The molecule has 0 bridgehead atoms. The lowest BCUT2D eigenvalue weighted by Gasteiger charge is -2.07. The van der Waals surface area contributed by atoms with E-state index in [2.05, 4.69) is 16.9 Å². The Bertz CT molecular complexity index is 564. The lowest BCUT2D eigenvalue weighted by Crippen LogP contribution is -2.09. The van der Waals surface area contributed by atoms with Crippen molar-refractivity contribution in [1.82, 2.24) is 10.3 Å². The van der Waals surface area contributed by atoms with Gasteiger partial charge < -0.3 is 10.4 Å². The topological polar surface area (TPSA) is 62.2 Å². The molecule has 0 aliphatic rings. The summed E-state index contributed by atoms with van der Waals surface area (Å²) in [5.41, 5.74) is 0.965. The van der Waals surface area contributed by atoms with Crippen molar-refractivity contribution in [2.24, 2.45) is 0 Å². The molecule has 0 radical (unpaired) electrons. The number of nitrogens with one attached hydrogen (secondary N) is 1. The molecule has 0 aliphatic heterocycles. The monoisotopic (exact) mass is 214 g/mol. The molecule has 0 atom stereocenters. The summed E-state index contributed by atoms with van der Waals surface area (Å²) in [6.07, 6.45) is 2.18. The van der Waals surface area contributed by atoms with Crippen molar-refractivity contribution < 1.29 is 9.90 Å². The van der Waals surface area contributed by atoms with E-state index in [1.54, 1.807) is 24.4 Å².